The topological polar surface area (TPSA) is 101 Å². The van der Waals surface area contributed by atoms with Gasteiger partial charge in [0, 0.05) is 11.6 Å². The Hall–Kier alpha value is -1.54. The van der Waals surface area contributed by atoms with Gasteiger partial charge in [-0.2, -0.15) is 5.10 Å². The first-order valence-electron chi connectivity index (χ1n) is 5.63. The minimum atomic E-state index is -1.15. The summed E-state index contributed by atoms with van der Waals surface area (Å²) in [6.45, 7) is -0.360. The van der Waals surface area contributed by atoms with Crippen LogP contribution in [0.25, 0.3) is 11.0 Å². The maximum absolute atomic E-state index is 9.92. The van der Waals surface area contributed by atoms with Gasteiger partial charge in [0.1, 0.15) is 18.3 Å². The van der Waals surface area contributed by atoms with Crippen LogP contribution >= 0.6 is 0 Å². The lowest BCUT2D eigenvalue weighted by atomic mass is 10.1. The Labute approximate surface area is 102 Å². The lowest BCUT2D eigenvalue weighted by Gasteiger charge is -2.15. The maximum Gasteiger partial charge on any atom is 0.181 e. The molecular weight excluding hydrogens is 238 g/mol. The van der Waals surface area contributed by atoms with Crippen LogP contribution in [0.15, 0.2) is 24.5 Å². The van der Waals surface area contributed by atoms with E-state index in [0.717, 1.165) is 5.39 Å². The molecule has 0 unspecified atom stereocenters. The molecule has 2 aromatic rings. The molecular formula is C11H13N3O4. The Kier molecular flexibility index (Phi) is 2.75. The van der Waals surface area contributed by atoms with E-state index in [0.29, 0.717) is 5.65 Å². The molecule has 3 rings (SSSR count). The fourth-order valence-corrected chi connectivity index (χ4v) is 2.15. The van der Waals surface area contributed by atoms with Crippen molar-refractivity contribution in [2.75, 3.05) is 6.61 Å². The first-order chi connectivity index (χ1) is 8.72. The minimum Gasteiger partial charge on any atom is -0.394 e. The molecule has 3 N–H and O–H groups in total. The normalized spacial score (nSPS) is 32.2. The van der Waals surface area contributed by atoms with Gasteiger partial charge < -0.3 is 20.1 Å². The van der Waals surface area contributed by atoms with Gasteiger partial charge in [-0.25, -0.2) is 9.67 Å². The van der Waals surface area contributed by atoms with Crippen LogP contribution in [0.3, 0.4) is 0 Å². The fourth-order valence-electron chi connectivity index (χ4n) is 2.15. The van der Waals surface area contributed by atoms with Crippen molar-refractivity contribution in [3.63, 3.8) is 0 Å². The molecule has 1 saturated heterocycles. The van der Waals surface area contributed by atoms with E-state index >= 15 is 0 Å². The molecule has 0 radical (unpaired) electrons. The van der Waals surface area contributed by atoms with Crippen LogP contribution in [0.5, 0.6) is 0 Å². The zero-order chi connectivity index (χ0) is 12.7. The molecule has 4 atom stereocenters. The van der Waals surface area contributed by atoms with E-state index in [2.05, 4.69) is 10.1 Å². The lowest BCUT2D eigenvalue weighted by Crippen LogP contribution is -2.33. The van der Waals surface area contributed by atoms with Gasteiger partial charge >= 0.3 is 0 Å². The van der Waals surface area contributed by atoms with Crippen molar-refractivity contribution in [1.82, 2.24) is 14.8 Å². The van der Waals surface area contributed by atoms with Crippen LogP contribution in [-0.4, -0.2) is 55.0 Å². The summed E-state index contributed by atoms with van der Waals surface area (Å²) in [7, 11) is 0. The van der Waals surface area contributed by atoms with Gasteiger partial charge in [0.25, 0.3) is 0 Å². The van der Waals surface area contributed by atoms with Crippen LogP contribution in [0, 0.1) is 0 Å². The Bertz CT molecular complexity index is 558. The number of ether oxygens (including phenoxy) is 1. The highest BCUT2D eigenvalue weighted by molar-refractivity contribution is 5.74. The molecule has 0 aromatic carbocycles. The van der Waals surface area contributed by atoms with Crippen molar-refractivity contribution in [2.45, 2.75) is 24.5 Å². The average molecular weight is 251 g/mol. The predicted octanol–water partition coefficient (Wildman–Crippen LogP) is -0.957. The zero-order valence-electron chi connectivity index (χ0n) is 9.42. The van der Waals surface area contributed by atoms with E-state index in [1.165, 1.54) is 4.68 Å². The van der Waals surface area contributed by atoms with E-state index in [-0.39, 0.29) is 6.61 Å². The first-order valence-corrected chi connectivity index (χ1v) is 5.63. The molecule has 7 nitrogen and oxygen atoms in total. The smallest absolute Gasteiger partial charge is 0.181 e. The van der Waals surface area contributed by atoms with Crippen LogP contribution in [0.2, 0.25) is 0 Å². The van der Waals surface area contributed by atoms with Crippen molar-refractivity contribution in [2.24, 2.45) is 0 Å². The largest absolute Gasteiger partial charge is 0.394 e. The third-order valence-electron chi connectivity index (χ3n) is 3.11. The molecule has 3 heterocycles. The standard InChI is InChI=1S/C11H13N3O4/c15-5-7-8(16)9(17)11(18-7)14-10-6(4-13-14)2-1-3-12-10/h1-4,7-9,11,15-17H,5H2/t7-,8-,9+,11-/m1/s1. The van der Waals surface area contributed by atoms with Crippen molar-refractivity contribution in [3.8, 4) is 0 Å². The average Bonchev–Trinajstić information content (AvgIpc) is 2.93. The SMILES string of the molecule is OC[C@H]1O[C@@H](n2ncc3cccnc32)[C@@H](O)[C@@H]1O. The second-order valence-electron chi connectivity index (χ2n) is 4.23. The lowest BCUT2D eigenvalue weighted by molar-refractivity contribution is -0.0566. The van der Waals surface area contributed by atoms with Gasteiger partial charge in [-0.05, 0) is 12.1 Å². The summed E-state index contributed by atoms with van der Waals surface area (Å²) >= 11 is 0. The number of hydrogen-bond donors (Lipinski definition) is 3. The molecule has 7 heteroatoms. The van der Waals surface area contributed by atoms with Gasteiger partial charge in [0.2, 0.25) is 0 Å². The van der Waals surface area contributed by atoms with E-state index in [9.17, 15) is 10.2 Å². The summed E-state index contributed by atoms with van der Waals surface area (Å²) in [5, 5.41) is 33.6. The van der Waals surface area contributed by atoms with E-state index < -0.39 is 24.5 Å². The highest BCUT2D eigenvalue weighted by Gasteiger charge is 2.44. The molecule has 0 saturated carbocycles. The fraction of sp³-hybridized carbons (Fsp3) is 0.455. The monoisotopic (exact) mass is 251 g/mol. The van der Waals surface area contributed by atoms with Crippen molar-refractivity contribution < 1.29 is 20.1 Å². The second-order valence-corrected chi connectivity index (χ2v) is 4.23. The van der Waals surface area contributed by atoms with Gasteiger partial charge in [-0.1, -0.05) is 0 Å². The number of fused-ring (bicyclic) bond motifs is 1. The molecule has 0 bridgehead atoms. The third kappa shape index (κ3) is 1.60. The summed E-state index contributed by atoms with van der Waals surface area (Å²) in [6.07, 6.45) is -0.716. The summed E-state index contributed by atoms with van der Waals surface area (Å²) in [5.41, 5.74) is 0.562. The molecule has 2 aromatic heterocycles. The van der Waals surface area contributed by atoms with Gasteiger partial charge in [-0.3, -0.25) is 0 Å². The van der Waals surface area contributed by atoms with Gasteiger partial charge in [0.15, 0.2) is 11.9 Å². The molecule has 18 heavy (non-hydrogen) atoms. The quantitative estimate of drug-likeness (QED) is 0.635. The summed E-state index contributed by atoms with van der Waals surface area (Å²) < 4.78 is 6.81. The Balaban J connectivity index is 2.00. The van der Waals surface area contributed by atoms with Crippen LogP contribution in [0.4, 0.5) is 0 Å². The number of aromatic nitrogens is 3. The summed E-state index contributed by atoms with van der Waals surface area (Å²) in [5.74, 6) is 0. The van der Waals surface area contributed by atoms with Crippen molar-refractivity contribution in [3.05, 3.63) is 24.5 Å². The van der Waals surface area contributed by atoms with Crippen molar-refractivity contribution in [1.29, 1.82) is 0 Å². The molecule has 0 amide bonds. The zero-order valence-corrected chi connectivity index (χ0v) is 9.42. The van der Waals surface area contributed by atoms with E-state index in [1.807, 2.05) is 6.07 Å². The third-order valence-corrected chi connectivity index (χ3v) is 3.11. The molecule has 0 aliphatic carbocycles. The number of nitrogens with zero attached hydrogens (tertiary/aromatic N) is 3. The van der Waals surface area contributed by atoms with Crippen LogP contribution in [0.1, 0.15) is 6.23 Å². The number of aliphatic hydroxyl groups is 3. The second kappa shape index (κ2) is 4.29. The van der Waals surface area contributed by atoms with E-state index in [4.69, 9.17) is 9.84 Å². The molecule has 1 fully saturated rings. The highest BCUT2D eigenvalue weighted by atomic mass is 16.6. The highest BCUT2D eigenvalue weighted by Crippen LogP contribution is 2.30. The Morgan fingerprint density at radius 3 is 2.89 bits per heavy atom. The molecule has 96 valence electrons. The number of hydrogen-bond acceptors (Lipinski definition) is 6. The number of pyridine rings is 1. The van der Waals surface area contributed by atoms with Gasteiger partial charge in [0.05, 0.1) is 12.8 Å². The summed E-state index contributed by atoms with van der Waals surface area (Å²) in [4.78, 5) is 4.16. The Morgan fingerprint density at radius 1 is 1.33 bits per heavy atom. The van der Waals surface area contributed by atoms with Crippen LogP contribution in [-0.2, 0) is 4.74 Å². The van der Waals surface area contributed by atoms with E-state index in [1.54, 1.807) is 18.5 Å². The predicted molar refractivity (Wildman–Crippen MR) is 60.5 cm³/mol. The summed E-state index contributed by atoms with van der Waals surface area (Å²) in [6, 6.07) is 3.62. The minimum absolute atomic E-state index is 0.360. The van der Waals surface area contributed by atoms with Crippen LogP contribution < -0.4 is 0 Å². The molecule has 0 spiro atoms. The first kappa shape index (κ1) is 11.5. The number of aliphatic hydroxyl groups excluding tert-OH is 3. The molecule has 1 aliphatic heterocycles. The Morgan fingerprint density at radius 2 is 2.17 bits per heavy atom. The van der Waals surface area contributed by atoms with Crippen molar-refractivity contribution >= 4 is 11.0 Å². The number of rotatable bonds is 2. The maximum atomic E-state index is 9.92. The molecule has 1 aliphatic rings. The van der Waals surface area contributed by atoms with Gasteiger partial charge in [-0.15, -0.1) is 0 Å².